The highest BCUT2D eigenvalue weighted by atomic mass is 15.0. The van der Waals surface area contributed by atoms with E-state index in [0.717, 1.165) is 17.8 Å². The minimum Gasteiger partial charge on any atom is -0.309 e. The fourth-order valence-electron chi connectivity index (χ4n) is 12.1. The van der Waals surface area contributed by atoms with E-state index in [0.29, 0.717) is 0 Å². The van der Waals surface area contributed by atoms with Gasteiger partial charge in [-0.15, -0.1) is 0 Å². The Morgan fingerprint density at radius 2 is 0.597 bits per heavy atom. The number of rotatable bonds is 8. The van der Waals surface area contributed by atoms with Gasteiger partial charge in [0.15, 0.2) is 0 Å². The molecule has 0 fully saturated rings. The standard InChI is InChI=1S/C70H48N2/c1-2-13-45(14-3-1)48-15-8-16-49(37-48)52-19-10-20-59(42-52)71-65-25-6-4-21-63(65)69-61(23-11-27-67(69)71)62-24-12-28-68-70(62)64-22-5-7-26-66(64)72(68)60-43-57(41-58(44-60)56-36-32-47-30-34-54(47)40-56)51-18-9-17-50(38-51)55-35-31-46-29-33-53(46)39-55/h1-28,31-32,35-44H,29-30,33-34H2. The molecule has 15 rings (SSSR count). The number of fused-ring (bicyclic) bond motifs is 8. The van der Waals surface area contributed by atoms with Crippen LogP contribution in [0.5, 0.6) is 0 Å². The Morgan fingerprint density at radius 1 is 0.222 bits per heavy atom. The second-order valence-electron chi connectivity index (χ2n) is 19.9. The molecule has 11 aromatic carbocycles. The molecule has 0 amide bonds. The van der Waals surface area contributed by atoms with E-state index in [9.17, 15) is 0 Å². The number of aromatic nitrogens is 2. The van der Waals surface area contributed by atoms with Gasteiger partial charge in [0, 0.05) is 32.9 Å². The Bertz CT molecular complexity index is 4330. The predicted molar refractivity (Wildman–Crippen MR) is 303 cm³/mol. The van der Waals surface area contributed by atoms with E-state index in [1.54, 1.807) is 0 Å². The lowest BCUT2D eigenvalue weighted by atomic mass is 9.85. The molecule has 0 spiro atoms. The smallest absolute Gasteiger partial charge is 0.0547 e. The maximum absolute atomic E-state index is 2.52. The lowest BCUT2D eigenvalue weighted by molar-refractivity contribution is 0.840. The second-order valence-corrected chi connectivity index (χ2v) is 19.9. The Hall–Kier alpha value is -8.98. The number of hydrogen-bond acceptors (Lipinski definition) is 0. The van der Waals surface area contributed by atoms with Gasteiger partial charge in [-0.3, -0.25) is 0 Å². The maximum atomic E-state index is 2.52. The summed E-state index contributed by atoms with van der Waals surface area (Å²) in [6.45, 7) is 0. The van der Waals surface area contributed by atoms with Crippen LogP contribution < -0.4 is 0 Å². The summed E-state index contributed by atoms with van der Waals surface area (Å²) in [5.74, 6) is 0. The van der Waals surface area contributed by atoms with E-state index in [2.05, 4.69) is 252 Å². The third kappa shape index (κ3) is 6.56. The topological polar surface area (TPSA) is 9.86 Å². The summed E-state index contributed by atoms with van der Waals surface area (Å²) < 4.78 is 4.98. The number of hydrogen-bond donors (Lipinski definition) is 0. The van der Waals surface area contributed by atoms with Gasteiger partial charge in [-0.25, -0.2) is 0 Å². The summed E-state index contributed by atoms with van der Waals surface area (Å²) in [5.41, 5.74) is 27.8. The first-order chi connectivity index (χ1) is 35.7. The van der Waals surface area contributed by atoms with Crippen molar-refractivity contribution < 1.29 is 0 Å². The van der Waals surface area contributed by atoms with Gasteiger partial charge < -0.3 is 9.13 Å². The Labute approximate surface area is 419 Å². The molecule has 0 aliphatic heterocycles. The van der Waals surface area contributed by atoms with Gasteiger partial charge in [0.2, 0.25) is 0 Å². The van der Waals surface area contributed by atoms with Crippen LogP contribution in [0, 0.1) is 0 Å². The summed E-state index contributed by atoms with van der Waals surface area (Å²) in [4.78, 5) is 0. The van der Waals surface area contributed by atoms with Crippen LogP contribution in [0.15, 0.2) is 243 Å². The summed E-state index contributed by atoms with van der Waals surface area (Å²) in [6, 6.07) is 90.9. The molecule has 338 valence electrons. The molecule has 0 atom stereocenters. The van der Waals surface area contributed by atoms with Crippen LogP contribution in [-0.4, -0.2) is 9.13 Å². The molecule has 72 heavy (non-hydrogen) atoms. The minimum atomic E-state index is 1.14. The van der Waals surface area contributed by atoms with Crippen LogP contribution >= 0.6 is 0 Å². The van der Waals surface area contributed by atoms with Crippen molar-refractivity contribution in [3.8, 4) is 78.1 Å². The van der Waals surface area contributed by atoms with E-state index in [-0.39, 0.29) is 0 Å². The van der Waals surface area contributed by atoms with Crippen molar-refractivity contribution in [1.29, 1.82) is 0 Å². The van der Waals surface area contributed by atoms with Gasteiger partial charge in [-0.1, -0.05) is 176 Å². The van der Waals surface area contributed by atoms with E-state index >= 15 is 0 Å². The minimum absolute atomic E-state index is 1.14. The average molecular weight is 917 g/mol. The van der Waals surface area contributed by atoms with Gasteiger partial charge in [0.25, 0.3) is 0 Å². The zero-order valence-corrected chi connectivity index (χ0v) is 39.8. The molecular formula is C70H48N2. The number of aryl methyl sites for hydroxylation is 4. The van der Waals surface area contributed by atoms with E-state index in [1.807, 2.05) is 0 Å². The summed E-state index contributed by atoms with van der Waals surface area (Å²) >= 11 is 0. The molecule has 0 radical (unpaired) electrons. The van der Waals surface area contributed by atoms with Gasteiger partial charge >= 0.3 is 0 Å². The SMILES string of the molecule is c1ccc(-c2cccc(-c3cccc(-n4c5ccccc5c5c(-c6cccc7c6c6ccccc6n7-c6cc(-c7cccc(-c8ccc9c(c8)CC9)c7)cc(-c7ccc8c(c7)CC8)c6)cccc54)c3)c2)cc1. The maximum Gasteiger partial charge on any atom is 0.0547 e. The van der Waals surface area contributed by atoms with Gasteiger partial charge in [-0.2, -0.15) is 0 Å². The molecule has 2 aliphatic rings. The van der Waals surface area contributed by atoms with Crippen LogP contribution in [0.3, 0.4) is 0 Å². The van der Waals surface area contributed by atoms with Crippen LogP contribution in [0.25, 0.3) is 122 Å². The zero-order chi connectivity index (χ0) is 47.3. The van der Waals surface area contributed by atoms with Crippen molar-refractivity contribution in [3.05, 3.63) is 265 Å². The van der Waals surface area contributed by atoms with Crippen LogP contribution in [-0.2, 0) is 25.7 Å². The van der Waals surface area contributed by atoms with Crippen LogP contribution in [0.4, 0.5) is 0 Å². The largest absolute Gasteiger partial charge is 0.309 e. The number of nitrogens with zero attached hydrogens (tertiary/aromatic N) is 2. The molecule has 0 unspecified atom stereocenters. The number of benzene rings is 11. The fourth-order valence-corrected chi connectivity index (χ4v) is 12.1. The molecule has 0 bridgehead atoms. The molecule has 0 N–H and O–H groups in total. The third-order valence-electron chi connectivity index (χ3n) is 15.9. The highest BCUT2D eigenvalue weighted by Crippen LogP contribution is 2.45. The lowest BCUT2D eigenvalue weighted by Gasteiger charge is -2.20. The molecule has 2 nitrogen and oxygen atoms in total. The normalized spacial score (nSPS) is 12.8. The Balaban J connectivity index is 0.911. The van der Waals surface area contributed by atoms with Crippen LogP contribution in [0.1, 0.15) is 22.3 Å². The molecule has 2 aromatic heterocycles. The Morgan fingerprint density at radius 3 is 1.14 bits per heavy atom. The lowest BCUT2D eigenvalue weighted by Crippen LogP contribution is -2.07. The highest BCUT2D eigenvalue weighted by molar-refractivity contribution is 6.22. The summed E-state index contributed by atoms with van der Waals surface area (Å²) in [5, 5.41) is 4.99. The first-order valence-corrected chi connectivity index (χ1v) is 25.5. The molecule has 13 aromatic rings. The third-order valence-corrected chi connectivity index (χ3v) is 15.9. The molecule has 2 heteroatoms. The first-order valence-electron chi connectivity index (χ1n) is 25.5. The van der Waals surface area contributed by atoms with Gasteiger partial charge in [-0.05, 0) is 181 Å². The molecule has 2 heterocycles. The average Bonchev–Trinajstić information content (AvgIpc) is 3.95. The predicted octanol–water partition coefficient (Wildman–Crippen LogP) is 18.1. The van der Waals surface area contributed by atoms with Crippen molar-refractivity contribution in [2.75, 3.05) is 0 Å². The van der Waals surface area contributed by atoms with Crippen molar-refractivity contribution >= 4 is 43.6 Å². The monoisotopic (exact) mass is 916 g/mol. The zero-order valence-electron chi connectivity index (χ0n) is 39.8. The molecule has 0 saturated carbocycles. The Kier molecular flexibility index (Phi) is 9.25. The van der Waals surface area contributed by atoms with Crippen molar-refractivity contribution in [2.24, 2.45) is 0 Å². The van der Waals surface area contributed by atoms with Crippen molar-refractivity contribution in [3.63, 3.8) is 0 Å². The van der Waals surface area contributed by atoms with Crippen molar-refractivity contribution in [2.45, 2.75) is 25.7 Å². The van der Waals surface area contributed by atoms with E-state index in [4.69, 9.17) is 0 Å². The summed E-state index contributed by atoms with van der Waals surface area (Å²) in [7, 11) is 0. The van der Waals surface area contributed by atoms with Gasteiger partial charge in [0.1, 0.15) is 0 Å². The molecule has 2 aliphatic carbocycles. The molecule has 0 saturated heterocycles. The highest BCUT2D eigenvalue weighted by Gasteiger charge is 2.23. The van der Waals surface area contributed by atoms with Gasteiger partial charge in [0.05, 0.1) is 22.1 Å². The van der Waals surface area contributed by atoms with E-state index in [1.165, 1.54) is 152 Å². The summed E-state index contributed by atoms with van der Waals surface area (Å²) in [6.07, 6.45) is 4.69. The fraction of sp³-hybridized carbons (Fsp3) is 0.0571. The van der Waals surface area contributed by atoms with Crippen molar-refractivity contribution in [1.82, 2.24) is 9.13 Å². The first kappa shape index (κ1) is 40.9. The van der Waals surface area contributed by atoms with Crippen LogP contribution in [0.2, 0.25) is 0 Å². The van der Waals surface area contributed by atoms with E-state index < -0.39 is 0 Å². The molecular weight excluding hydrogens is 869 g/mol. The number of para-hydroxylation sites is 2. The quantitative estimate of drug-likeness (QED) is 0.144. The second kappa shape index (κ2) is 16.3.